The maximum atomic E-state index is 13.2. The van der Waals surface area contributed by atoms with Crippen molar-refractivity contribution >= 4 is 11.6 Å². The molecule has 2 aromatic rings. The number of carbonyl (C=O) groups excluding carboxylic acids is 2. The normalized spacial score (nSPS) is 11.2. The van der Waals surface area contributed by atoms with E-state index in [-0.39, 0.29) is 50.8 Å². The Morgan fingerprint density at radius 1 is 0.375 bits per heavy atom. The van der Waals surface area contributed by atoms with Gasteiger partial charge < -0.3 is 71.8 Å². The van der Waals surface area contributed by atoms with E-state index in [4.69, 9.17) is 71.8 Å². The fraction of sp³-hybridized carbons (Fsp3) is 0.641. The van der Waals surface area contributed by atoms with Gasteiger partial charge in [-0.3, -0.25) is 9.59 Å². The molecule has 56 heavy (non-hydrogen) atoms. The average Bonchev–Trinajstić information content (AvgIpc) is 3.22. The molecule has 0 heterocycles. The van der Waals surface area contributed by atoms with Gasteiger partial charge in [-0.25, -0.2) is 0 Å². The maximum Gasteiger partial charge on any atom is 0.233 e. The van der Waals surface area contributed by atoms with Crippen molar-refractivity contribution in [3.8, 4) is 17.2 Å². The van der Waals surface area contributed by atoms with Crippen LogP contribution in [-0.2, 0) is 47.4 Å². The van der Waals surface area contributed by atoms with Crippen LogP contribution in [0.5, 0.6) is 17.2 Å². The molecule has 0 spiro atoms. The number of ether oxygens (including phenoxy) is 13. The summed E-state index contributed by atoms with van der Waals surface area (Å²) in [7, 11) is 1.52. The number of carbonyl (C=O) groups is 2. The van der Waals surface area contributed by atoms with Crippen molar-refractivity contribution in [1.29, 1.82) is 0 Å². The molecular formula is C39H60O17. The summed E-state index contributed by atoms with van der Waals surface area (Å²) in [6, 6.07) is 10.9. The van der Waals surface area contributed by atoms with Crippen LogP contribution < -0.4 is 14.2 Å². The zero-order valence-electron chi connectivity index (χ0n) is 32.5. The van der Waals surface area contributed by atoms with Crippen LogP contribution in [0.4, 0.5) is 0 Å². The summed E-state index contributed by atoms with van der Waals surface area (Å²) in [5.74, 6) is -0.157. The minimum absolute atomic E-state index is 0.00649. The minimum Gasteiger partial charge on any atom is -0.497 e. The molecule has 0 amide bonds. The Morgan fingerprint density at radius 3 is 0.964 bits per heavy atom. The first kappa shape index (κ1) is 48.8. The van der Waals surface area contributed by atoms with Gasteiger partial charge in [0.15, 0.2) is 0 Å². The van der Waals surface area contributed by atoms with Crippen molar-refractivity contribution in [3.05, 3.63) is 53.6 Å². The summed E-state index contributed by atoms with van der Waals surface area (Å²) < 4.78 is 70.9. The molecule has 2 aromatic carbocycles. The van der Waals surface area contributed by atoms with Gasteiger partial charge in [-0.15, -0.1) is 0 Å². The zero-order chi connectivity index (χ0) is 40.2. The fourth-order valence-electron chi connectivity index (χ4n) is 4.40. The van der Waals surface area contributed by atoms with Gasteiger partial charge in [-0.1, -0.05) is 0 Å². The Balaban J connectivity index is 1.67. The molecule has 0 aliphatic rings. The summed E-state index contributed by atoms with van der Waals surface area (Å²) in [5, 5.41) is 17.3. The SMILES string of the molecule is COc1ccc(C(=O)C(=O)c2cc(OCCOCCOCCOCCOCCOCCO)cc(OCCOCCOCCOCCOCCOCCO)c2)cc1. The highest BCUT2D eigenvalue weighted by molar-refractivity contribution is 6.49. The van der Waals surface area contributed by atoms with Crippen LogP contribution in [0.1, 0.15) is 20.7 Å². The molecule has 0 aromatic heterocycles. The van der Waals surface area contributed by atoms with Crippen LogP contribution in [-0.4, -0.2) is 187 Å². The molecule has 0 saturated carbocycles. The van der Waals surface area contributed by atoms with Crippen molar-refractivity contribution in [1.82, 2.24) is 0 Å². The Kier molecular flexibility index (Phi) is 30.5. The third-order valence-electron chi connectivity index (χ3n) is 7.14. The average molecular weight is 801 g/mol. The molecule has 0 aliphatic heterocycles. The van der Waals surface area contributed by atoms with Crippen molar-refractivity contribution in [2.24, 2.45) is 0 Å². The molecule has 0 saturated heterocycles. The van der Waals surface area contributed by atoms with E-state index in [1.807, 2.05) is 0 Å². The number of rotatable bonds is 40. The number of ketones is 2. The highest BCUT2D eigenvalue weighted by Crippen LogP contribution is 2.25. The van der Waals surface area contributed by atoms with E-state index >= 15 is 0 Å². The molecule has 17 heteroatoms. The van der Waals surface area contributed by atoms with E-state index in [1.165, 1.54) is 31.4 Å². The van der Waals surface area contributed by atoms with Crippen molar-refractivity contribution in [2.45, 2.75) is 0 Å². The third kappa shape index (κ3) is 25.1. The first-order valence-corrected chi connectivity index (χ1v) is 18.7. The Labute approximate surface area is 329 Å². The lowest BCUT2D eigenvalue weighted by atomic mass is 10.0. The van der Waals surface area contributed by atoms with Crippen molar-refractivity contribution in [3.63, 3.8) is 0 Å². The van der Waals surface area contributed by atoms with Gasteiger partial charge in [0.2, 0.25) is 11.6 Å². The summed E-state index contributed by atoms with van der Waals surface area (Å²) in [6.07, 6.45) is 0. The number of benzene rings is 2. The van der Waals surface area contributed by atoms with E-state index in [9.17, 15) is 9.59 Å². The molecule has 17 nitrogen and oxygen atoms in total. The van der Waals surface area contributed by atoms with Crippen LogP contribution in [0.3, 0.4) is 0 Å². The van der Waals surface area contributed by atoms with E-state index in [1.54, 1.807) is 18.2 Å². The van der Waals surface area contributed by atoms with Crippen LogP contribution >= 0.6 is 0 Å². The standard InChI is InChI=1S/C39H60O17/c1-44-35-4-2-33(3-5-35)38(42)39(43)34-30-36(55-28-26-53-24-22-51-20-18-49-16-14-47-12-10-45-8-6-40)32-37(31-34)56-29-27-54-25-23-52-21-19-50-17-15-48-13-11-46-9-7-41/h2-5,30-32,40-41H,6-29H2,1H3. The van der Waals surface area contributed by atoms with Crippen LogP contribution in [0.25, 0.3) is 0 Å². The molecule has 0 unspecified atom stereocenters. The zero-order valence-corrected chi connectivity index (χ0v) is 32.5. The molecule has 0 fully saturated rings. The van der Waals surface area contributed by atoms with E-state index in [0.717, 1.165) is 0 Å². The van der Waals surface area contributed by atoms with Crippen molar-refractivity contribution in [2.75, 3.05) is 166 Å². The lowest BCUT2D eigenvalue weighted by molar-refractivity contribution is -0.0147. The molecular weight excluding hydrogens is 740 g/mol. The second-order valence-corrected chi connectivity index (χ2v) is 11.3. The number of Topliss-reactive ketones (excluding diaryl/α,β-unsaturated/α-hetero) is 2. The van der Waals surface area contributed by atoms with E-state index in [0.29, 0.717) is 136 Å². The highest BCUT2D eigenvalue weighted by atomic mass is 16.6. The third-order valence-corrected chi connectivity index (χ3v) is 7.14. The van der Waals surface area contributed by atoms with Gasteiger partial charge in [0.05, 0.1) is 152 Å². The van der Waals surface area contributed by atoms with Gasteiger partial charge >= 0.3 is 0 Å². The molecule has 2 rings (SSSR count). The predicted octanol–water partition coefficient (Wildman–Crippen LogP) is 1.67. The number of hydrogen-bond donors (Lipinski definition) is 2. The lowest BCUT2D eigenvalue weighted by Crippen LogP contribution is -2.16. The summed E-state index contributed by atoms with van der Waals surface area (Å²) in [6.45, 7) is 8.12. The first-order valence-electron chi connectivity index (χ1n) is 18.7. The number of aliphatic hydroxyl groups excluding tert-OH is 2. The maximum absolute atomic E-state index is 13.2. The topological polar surface area (TPSA) is 195 Å². The predicted molar refractivity (Wildman–Crippen MR) is 201 cm³/mol. The van der Waals surface area contributed by atoms with Gasteiger partial charge in [0.1, 0.15) is 30.5 Å². The molecule has 2 N–H and O–H groups in total. The van der Waals surface area contributed by atoms with Crippen molar-refractivity contribution < 1.29 is 81.4 Å². The van der Waals surface area contributed by atoms with E-state index in [2.05, 4.69) is 0 Å². The Bertz CT molecular complexity index is 1190. The van der Waals surface area contributed by atoms with Gasteiger partial charge in [-0.05, 0) is 36.4 Å². The van der Waals surface area contributed by atoms with Gasteiger partial charge in [0.25, 0.3) is 0 Å². The van der Waals surface area contributed by atoms with Crippen LogP contribution in [0.2, 0.25) is 0 Å². The second-order valence-electron chi connectivity index (χ2n) is 11.3. The fourth-order valence-corrected chi connectivity index (χ4v) is 4.40. The van der Waals surface area contributed by atoms with Gasteiger partial charge in [0, 0.05) is 17.2 Å². The number of aliphatic hydroxyl groups is 2. The first-order chi connectivity index (χ1) is 27.6. The molecule has 0 aliphatic carbocycles. The quantitative estimate of drug-likeness (QED) is 0.0561. The molecule has 0 atom stereocenters. The highest BCUT2D eigenvalue weighted by Gasteiger charge is 2.20. The monoisotopic (exact) mass is 800 g/mol. The molecule has 318 valence electrons. The largest absolute Gasteiger partial charge is 0.497 e. The van der Waals surface area contributed by atoms with Crippen LogP contribution in [0.15, 0.2) is 42.5 Å². The van der Waals surface area contributed by atoms with Crippen LogP contribution in [0, 0.1) is 0 Å². The second kappa shape index (κ2) is 34.9. The molecule has 0 bridgehead atoms. The minimum atomic E-state index is -0.715. The lowest BCUT2D eigenvalue weighted by Gasteiger charge is -2.13. The Hall–Kier alpha value is -3.30. The van der Waals surface area contributed by atoms with Gasteiger partial charge in [-0.2, -0.15) is 0 Å². The van der Waals surface area contributed by atoms with E-state index < -0.39 is 11.6 Å². The summed E-state index contributed by atoms with van der Waals surface area (Å²) >= 11 is 0. The number of hydrogen-bond acceptors (Lipinski definition) is 17. The molecule has 0 radical (unpaired) electrons. The Morgan fingerprint density at radius 2 is 0.661 bits per heavy atom. The summed E-state index contributed by atoms with van der Waals surface area (Å²) in [5.41, 5.74) is 0.342. The smallest absolute Gasteiger partial charge is 0.233 e. The number of methoxy groups -OCH3 is 1. The summed E-state index contributed by atoms with van der Waals surface area (Å²) in [4.78, 5) is 26.3.